The number of aromatic nitrogens is 2. The minimum Gasteiger partial charge on any atom is -0.497 e. The fourth-order valence-electron chi connectivity index (χ4n) is 4.06. The molecule has 0 aliphatic carbocycles. The van der Waals surface area contributed by atoms with Crippen molar-refractivity contribution in [3.63, 3.8) is 0 Å². The third kappa shape index (κ3) is 4.64. The number of halogens is 1. The largest absolute Gasteiger partial charge is 0.497 e. The van der Waals surface area contributed by atoms with Gasteiger partial charge in [0, 0.05) is 10.5 Å². The smallest absolute Gasteiger partial charge is 0.162 e. The lowest BCUT2D eigenvalue weighted by molar-refractivity contribution is 0.285. The fraction of sp³-hybridized carbons (Fsp3) is 0.103. The summed E-state index contributed by atoms with van der Waals surface area (Å²) in [6, 6.07) is 25.9. The molecule has 0 amide bonds. The zero-order valence-corrected chi connectivity index (χ0v) is 21.3. The average molecular weight is 540 g/mol. The van der Waals surface area contributed by atoms with Crippen LogP contribution in [0.25, 0.3) is 33.5 Å². The van der Waals surface area contributed by atoms with Gasteiger partial charge in [0.2, 0.25) is 0 Å². The van der Waals surface area contributed by atoms with E-state index in [4.69, 9.17) is 14.2 Å². The molecule has 1 aromatic heterocycles. The van der Waals surface area contributed by atoms with Gasteiger partial charge in [-0.1, -0.05) is 58.4 Å². The van der Waals surface area contributed by atoms with Gasteiger partial charge in [0.15, 0.2) is 11.5 Å². The molecule has 4 aromatic carbocycles. The second-order valence-corrected chi connectivity index (χ2v) is 8.94. The SMILES string of the molecule is COc1ccc2nc(/C(C#N)=C\c3cc(OC)c(OCc4cccc5ccccc45)cc3Br)[nH]c2c1. The maximum Gasteiger partial charge on any atom is 0.162 e. The topological polar surface area (TPSA) is 80.2 Å². The van der Waals surface area contributed by atoms with Crippen molar-refractivity contribution in [1.82, 2.24) is 9.97 Å². The summed E-state index contributed by atoms with van der Waals surface area (Å²) in [5.74, 6) is 2.36. The zero-order valence-electron chi connectivity index (χ0n) is 19.7. The summed E-state index contributed by atoms with van der Waals surface area (Å²) in [5, 5.41) is 12.2. The van der Waals surface area contributed by atoms with Gasteiger partial charge in [-0.2, -0.15) is 5.26 Å². The number of nitrogens with zero attached hydrogens (tertiary/aromatic N) is 2. The maximum atomic E-state index is 9.86. The van der Waals surface area contributed by atoms with E-state index in [0.29, 0.717) is 35.3 Å². The standard InChI is InChI=1S/C29H22BrN3O3/c1-34-22-10-11-25-26(14-22)33-29(32-25)21(16-31)12-20-13-27(35-2)28(15-24(20)30)36-17-19-8-5-7-18-6-3-4-9-23(18)19/h3-15H,17H2,1-2H3,(H,32,33)/b21-12-. The lowest BCUT2D eigenvalue weighted by Crippen LogP contribution is -1.99. The van der Waals surface area contributed by atoms with Gasteiger partial charge in [-0.3, -0.25) is 0 Å². The van der Waals surface area contributed by atoms with E-state index in [2.05, 4.69) is 56.2 Å². The van der Waals surface area contributed by atoms with E-state index < -0.39 is 0 Å². The first-order chi connectivity index (χ1) is 17.6. The second-order valence-electron chi connectivity index (χ2n) is 8.09. The number of ether oxygens (including phenoxy) is 3. The van der Waals surface area contributed by atoms with E-state index in [0.717, 1.165) is 32.0 Å². The molecule has 1 N–H and O–H groups in total. The van der Waals surface area contributed by atoms with E-state index in [1.54, 1.807) is 20.3 Å². The number of methoxy groups -OCH3 is 2. The van der Waals surface area contributed by atoms with Crippen LogP contribution in [0, 0.1) is 11.3 Å². The molecule has 0 aliphatic heterocycles. The number of hydrogen-bond donors (Lipinski definition) is 1. The summed E-state index contributed by atoms with van der Waals surface area (Å²) < 4.78 is 17.8. The number of hydrogen-bond acceptors (Lipinski definition) is 5. The Morgan fingerprint density at radius 1 is 1.00 bits per heavy atom. The molecule has 6 nitrogen and oxygen atoms in total. The highest BCUT2D eigenvalue weighted by Gasteiger charge is 2.14. The molecule has 36 heavy (non-hydrogen) atoms. The average Bonchev–Trinajstić information content (AvgIpc) is 3.34. The van der Waals surface area contributed by atoms with Gasteiger partial charge in [0.25, 0.3) is 0 Å². The lowest BCUT2D eigenvalue weighted by Gasteiger charge is -2.14. The van der Waals surface area contributed by atoms with E-state index in [9.17, 15) is 5.26 Å². The summed E-state index contributed by atoms with van der Waals surface area (Å²) in [6.07, 6.45) is 1.76. The minimum atomic E-state index is 0.386. The highest BCUT2D eigenvalue weighted by atomic mass is 79.9. The quantitative estimate of drug-likeness (QED) is 0.222. The van der Waals surface area contributed by atoms with Crippen molar-refractivity contribution < 1.29 is 14.2 Å². The molecule has 0 atom stereocenters. The number of nitrogens with one attached hydrogen (secondary N) is 1. The molecule has 0 bridgehead atoms. The highest BCUT2D eigenvalue weighted by Crippen LogP contribution is 2.36. The molecule has 5 rings (SSSR count). The second kappa shape index (κ2) is 10.1. The third-order valence-corrected chi connectivity index (χ3v) is 6.60. The summed E-state index contributed by atoms with van der Waals surface area (Å²) in [4.78, 5) is 7.76. The van der Waals surface area contributed by atoms with Crippen LogP contribution in [0.5, 0.6) is 17.2 Å². The van der Waals surface area contributed by atoms with Crippen LogP contribution in [0.1, 0.15) is 17.0 Å². The maximum absolute atomic E-state index is 9.86. The Bertz CT molecular complexity index is 1640. The number of H-pyrrole nitrogens is 1. The van der Waals surface area contributed by atoms with Crippen LogP contribution in [0.3, 0.4) is 0 Å². The van der Waals surface area contributed by atoms with Crippen molar-refractivity contribution in [2.45, 2.75) is 6.61 Å². The number of imidazole rings is 1. The number of aromatic amines is 1. The summed E-state index contributed by atoms with van der Waals surface area (Å²) in [7, 11) is 3.21. The summed E-state index contributed by atoms with van der Waals surface area (Å²) >= 11 is 3.62. The Labute approximate surface area is 216 Å². The zero-order chi connectivity index (χ0) is 25.1. The van der Waals surface area contributed by atoms with Crippen molar-refractivity contribution in [2.75, 3.05) is 14.2 Å². The Kier molecular flexibility index (Phi) is 6.61. The predicted molar refractivity (Wildman–Crippen MR) is 145 cm³/mol. The number of nitriles is 1. The highest BCUT2D eigenvalue weighted by molar-refractivity contribution is 9.10. The van der Waals surface area contributed by atoms with Crippen molar-refractivity contribution in [2.24, 2.45) is 0 Å². The van der Waals surface area contributed by atoms with Crippen molar-refractivity contribution >= 4 is 49.4 Å². The van der Waals surface area contributed by atoms with Gasteiger partial charge < -0.3 is 19.2 Å². The van der Waals surface area contributed by atoms with Crippen LogP contribution in [0.2, 0.25) is 0 Å². The molecule has 7 heteroatoms. The fourth-order valence-corrected chi connectivity index (χ4v) is 4.50. The molecule has 0 saturated heterocycles. The van der Waals surface area contributed by atoms with E-state index in [-0.39, 0.29) is 0 Å². The number of allylic oxidation sites excluding steroid dienone is 1. The number of benzene rings is 4. The molecule has 0 saturated carbocycles. The Morgan fingerprint density at radius 3 is 2.64 bits per heavy atom. The number of rotatable bonds is 7. The van der Waals surface area contributed by atoms with Crippen LogP contribution in [-0.4, -0.2) is 24.2 Å². The van der Waals surface area contributed by atoms with Crippen molar-refractivity contribution in [3.05, 3.63) is 94.2 Å². The normalized spacial score (nSPS) is 11.4. The van der Waals surface area contributed by atoms with Crippen LogP contribution in [0.15, 0.2) is 77.3 Å². The molecule has 0 radical (unpaired) electrons. The molecular formula is C29H22BrN3O3. The number of fused-ring (bicyclic) bond motifs is 2. The Morgan fingerprint density at radius 2 is 1.83 bits per heavy atom. The van der Waals surface area contributed by atoms with E-state index >= 15 is 0 Å². The van der Waals surface area contributed by atoms with Gasteiger partial charge >= 0.3 is 0 Å². The van der Waals surface area contributed by atoms with E-state index in [1.807, 2.05) is 48.5 Å². The van der Waals surface area contributed by atoms with Crippen LogP contribution >= 0.6 is 15.9 Å². The monoisotopic (exact) mass is 539 g/mol. The van der Waals surface area contributed by atoms with Crippen LogP contribution in [0.4, 0.5) is 0 Å². The molecule has 0 spiro atoms. The first-order valence-corrected chi connectivity index (χ1v) is 12.0. The van der Waals surface area contributed by atoms with Crippen LogP contribution in [-0.2, 0) is 6.61 Å². The molecule has 178 valence electrons. The van der Waals surface area contributed by atoms with Crippen LogP contribution < -0.4 is 14.2 Å². The van der Waals surface area contributed by atoms with Gasteiger partial charge in [0.1, 0.15) is 24.3 Å². The summed E-state index contributed by atoms with van der Waals surface area (Å²) in [5.41, 5.74) is 3.78. The molecule has 1 heterocycles. The predicted octanol–water partition coefficient (Wildman–Crippen LogP) is 7.14. The minimum absolute atomic E-state index is 0.386. The molecule has 0 aliphatic rings. The van der Waals surface area contributed by atoms with Gasteiger partial charge in [0.05, 0.1) is 30.8 Å². The first-order valence-electron chi connectivity index (χ1n) is 11.2. The molecule has 5 aromatic rings. The van der Waals surface area contributed by atoms with Gasteiger partial charge in [-0.25, -0.2) is 4.98 Å². The van der Waals surface area contributed by atoms with Gasteiger partial charge in [-0.05, 0) is 52.2 Å². The van der Waals surface area contributed by atoms with E-state index in [1.165, 1.54) is 5.39 Å². The van der Waals surface area contributed by atoms with Crippen molar-refractivity contribution in [1.29, 1.82) is 5.26 Å². The molecule has 0 unspecified atom stereocenters. The molecular weight excluding hydrogens is 518 g/mol. The van der Waals surface area contributed by atoms with Gasteiger partial charge in [-0.15, -0.1) is 0 Å². The Hall–Kier alpha value is -4.28. The Balaban J connectivity index is 1.45. The lowest BCUT2D eigenvalue weighted by atomic mass is 10.1. The van der Waals surface area contributed by atoms with Crippen molar-refractivity contribution in [3.8, 4) is 23.3 Å². The third-order valence-electron chi connectivity index (χ3n) is 5.91. The first kappa shape index (κ1) is 23.5. The molecule has 0 fully saturated rings. The summed E-state index contributed by atoms with van der Waals surface area (Å²) in [6.45, 7) is 0.394.